The molecule has 0 radical (unpaired) electrons. The summed E-state index contributed by atoms with van der Waals surface area (Å²) < 4.78 is 14.0. The molecule has 0 fully saturated rings. The summed E-state index contributed by atoms with van der Waals surface area (Å²) in [7, 11) is 0. The second kappa shape index (κ2) is 5.07. The van der Waals surface area contributed by atoms with Gasteiger partial charge in [0.05, 0.1) is 10.2 Å². The molecule has 2 N–H and O–H groups in total. The van der Waals surface area contributed by atoms with E-state index in [1.165, 1.54) is 12.1 Å². The summed E-state index contributed by atoms with van der Waals surface area (Å²) in [6.45, 7) is 0. The lowest BCUT2D eigenvalue weighted by atomic mass is 10.0. The number of nitrogens with two attached hydrogens (primary N) is 1. The van der Waals surface area contributed by atoms with Crippen LogP contribution in [0.3, 0.4) is 0 Å². The average molecular weight is 272 g/mol. The van der Waals surface area contributed by atoms with E-state index >= 15 is 0 Å². The molecular weight excluding hydrogens is 259 g/mol. The van der Waals surface area contributed by atoms with E-state index in [0.717, 1.165) is 21.3 Å². The fraction of sp³-hybridized carbons (Fsp3) is 0.133. The number of halogens is 1. The number of rotatable bonds is 3. The maximum absolute atomic E-state index is 12.8. The van der Waals surface area contributed by atoms with E-state index in [4.69, 9.17) is 5.73 Å². The van der Waals surface area contributed by atoms with Crippen LogP contribution in [0.1, 0.15) is 17.2 Å². The van der Waals surface area contributed by atoms with E-state index < -0.39 is 0 Å². The molecule has 0 bridgehead atoms. The zero-order chi connectivity index (χ0) is 13.2. The molecule has 0 saturated heterocycles. The molecule has 3 aromatic rings. The Kier molecular flexibility index (Phi) is 3.27. The molecule has 1 atom stereocenters. The lowest BCUT2D eigenvalue weighted by Gasteiger charge is -2.11. The van der Waals surface area contributed by atoms with E-state index in [2.05, 4.69) is 11.1 Å². The third-order valence-electron chi connectivity index (χ3n) is 3.12. The molecular formula is C15H13FN2S. The van der Waals surface area contributed by atoms with Crippen molar-refractivity contribution in [2.45, 2.75) is 12.5 Å². The largest absolute Gasteiger partial charge is 0.324 e. The third kappa shape index (κ3) is 2.64. The van der Waals surface area contributed by atoms with Gasteiger partial charge in [0.1, 0.15) is 5.82 Å². The van der Waals surface area contributed by atoms with Gasteiger partial charge in [0.15, 0.2) is 0 Å². The Labute approximate surface area is 114 Å². The number of hydrogen-bond donors (Lipinski definition) is 1. The summed E-state index contributed by atoms with van der Waals surface area (Å²) in [6.07, 6.45) is 2.50. The summed E-state index contributed by atoms with van der Waals surface area (Å²) in [6, 6.07) is 10.4. The second-order valence-electron chi connectivity index (χ2n) is 4.51. The van der Waals surface area contributed by atoms with Gasteiger partial charge in [0, 0.05) is 12.2 Å². The van der Waals surface area contributed by atoms with Gasteiger partial charge in [-0.1, -0.05) is 12.1 Å². The van der Waals surface area contributed by atoms with Gasteiger partial charge in [-0.05, 0) is 47.2 Å². The van der Waals surface area contributed by atoms with Crippen LogP contribution in [0.15, 0.2) is 48.0 Å². The normalized spacial score (nSPS) is 12.7. The van der Waals surface area contributed by atoms with Crippen molar-refractivity contribution in [3.05, 3.63) is 64.9 Å². The minimum Gasteiger partial charge on any atom is -0.324 e. The average Bonchev–Trinajstić information content (AvgIpc) is 2.88. The molecule has 2 heterocycles. The SMILES string of the molecule is NC(Cc1ccc(F)cc1)c1cnc2ccsc2c1. The van der Waals surface area contributed by atoms with Crippen LogP contribution >= 0.6 is 11.3 Å². The minimum absolute atomic E-state index is 0.121. The summed E-state index contributed by atoms with van der Waals surface area (Å²) >= 11 is 1.66. The van der Waals surface area contributed by atoms with E-state index in [9.17, 15) is 4.39 Å². The Balaban J connectivity index is 1.82. The van der Waals surface area contributed by atoms with Gasteiger partial charge in [0.2, 0.25) is 0 Å². The molecule has 1 unspecified atom stereocenters. The monoisotopic (exact) mass is 272 g/mol. The Hall–Kier alpha value is -1.78. The van der Waals surface area contributed by atoms with Crippen molar-refractivity contribution in [3.63, 3.8) is 0 Å². The Morgan fingerprint density at radius 2 is 2.00 bits per heavy atom. The molecule has 19 heavy (non-hydrogen) atoms. The van der Waals surface area contributed by atoms with E-state index in [0.29, 0.717) is 6.42 Å². The number of nitrogens with zero attached hydrogens (tertiary/aromatic N) is 1. The Morgan fingerprint density at radius 1 is 1.21 bits per heavy atom. The number of thiophene rings is 1. The quantitative estimate of drug-likeness (QED) is 0.790. The fourth-order valence-electron chi connectivity index (χ4n) is 2.06. The van der Waals surface area contributed by atoms with E-state index in [1.807, 2.05) is 17.6 Å². The molecule has 0 amide bonds. The molecule has 0 spiro atoms. The van der Waals surface area contributed by atoms with Gasteiger partial charge in [-0.2, -0.15) is 0 Å². The number of pyridine rings is 1. The van der Waals surface area contributed by atoms with Crippen LogP contribution in [0.4, 0.5) is 4.39 Å². The van der Waals surface area contributed by atoms with Crippen LogP contribution in [0.25, 0.3) is 10.2 Å². The van der Waals surface area contributed by atoms with Crippen LogP contribution in [0.5, 0.6) is 0 Å². The molecule has 3 rings (SSSR count). The number of benzene rings is 1. The first-order valence-corrected chi connectivity index (χ1v) is 6.93. The highest BCUT2D eigenvalue weighted by atomic mass is 32.1. The van der Waals surface area contributed by atoms with Crippen molar-refractivity contribution in [3.8, 4) is 0 Å². The van der Waals surface area contributed by atoms with Crippen molar-refractivity contribution in [2.24, 2.45) is 5.73 Å². The Bertz CT molecular complexity index is 691. The lowest BCUT2D eigenvalue weighted by Crippen LogP contribution is -2.13. The maximum Gasteiger partial charge on any atom is 0.123 e. The van der Waals surface area contributed by atoms with Gasteiger partial charge in [-0.25, -0.2) is 4.39 Å². The van der Waals surface area contributed by atoms with E-state index in [1.54, 1.807) is 23.5 Å². The van der Waals surface area contributed by atoms with Crippen LogP contribution in [-0.4, -0.2) is 4.98 Å². The summed E-state index contributed by atoms with van der Waals surface area (Å²) in [5.41, 5.74) is 9.24. The summed E-state index contributed by atoms with van der Waals surface area (Å²) in [4.78, 5) is 4.39. The highest BCUT2D eigenvalue weighted by molar-refractivity contribution is 7.17. The molecule has 96 valence electrons. The maximum atomic E-state index is 12.8. The van der Waals surface area contributed by atoms with Crippen LogP contribution in [0.2, 0.25) is 0 Å². The van der Waals surface area contributed by atoms with Crippen molar-refractivity contribution in [1.82, 2.24) is 4.98 Å². The standard InChI is InChI=1S/C15H13FN2S/c16-12-3-1-10(2-4-12)7-13(17)11-8-15-14(18-9-11)5-6-19-15/h1-6,8-9,13H,7,17H2. The van der Waals surface area contributed by atoms with Crippen molar-refractivity contribution in [2.75, 3.05) is 0 Å². The van der Waals surface area contributed by atoms with Gasteiger partial charge >= 0.3 is 0 Å². The van der Waals surface area contributed by atoms with Gasteiger partial charge in [-0.3, -0.25) is 4.98 Å². The summed E-state index contributed by atoms with van der Waals surface area (Å²) in [5.74, 6) is -0.223. The third-order valence-corrected chi connectivity index (χ3v) is 3.97. The van der Waals surface area contributed by atoms with E-state index in [-0.39, 0.29) is 11.9 Å². The summed E-state index contributed by atoms with van der Waals surface area (Å²) in [5, 5.41) is 2.02. The highest BCUT2D eigenvalue weighted by Crippen LogP contribution is 2.23. The van der Waals surface area contributed by atoms with Crippen molar-refractivity contribution in [1.29, 1.82) is 0 Å². The number of fused-ring (bicyclic) bond motifs is 1. The molecule has 4 heteroatoms. The first-order chi connectivity index (χ1) is 9.22. The smallest absolute Gasteiger partial charge is 0.123 e. The van der Waals surface area contributed by atoms with Crippen LogP contribution < -0.4 is 5.73 Å². The molecule has 2 nitrogen and oxygen atoms in total. The molecule has 0 aliphatic rings. The Morgan fingerprint density at radius 3 is 2.79 bits per heavy atom. The van der Waals surface area contributed by atoms with Crippen LogP contribution in [0, 0.1) is 5.82 Å². The van der Waals surface area contributed by atoms with Gasteiger partial charge < -0.3 is 5.73 Å². The zero-order valence-electron chi connectivity index (χ0n) is 10.2. The van der Waals surface area contributed by atoms with Crippen molar-refractivity contribution >= 4 is 21.6 Å². The van der Waals surface area contributed by atoms with Crippen LogP contribution in [-0.2, 0) is 6.42 Å². The van der Waals surface area contributed by atoms with Crippen molar-refractivity contribution < 1.29 is 4.39 Å². The second-order valence-corrected chi connectivity index (χ2v) is 5.46. The zero-order valence-corrected chi connectivity index (χ0v) is 11.0. The number of hydrogen-bond acceptors (Lipinski definition) is 3. The highest BCUT2D eigenvalue weighted by Gasteiger charge is 2.09. The van der Waals surface area contributed by atoms with Gasteiger partial charge in [0.25, 0.3) is 0 Å². The molecule has 0 saturated carbocycles. The first kappa shape index (κ1) is 12.3. The number of aromatic nitrogens is 1. The molecule has 2 aromatic heterocycles. The minimum atomic E-state index is -0.223. The fourth-order valence-corrected chi connectivity index (χ4v) is 2.85. The first-order valence-electron chi connectivity index (χ1n) is 6.05. The molecule has 1 aromatic carbocycles. The van der Waals surface area contributed by atoms with Gasteiger partial charge in [-0.15, -0.1) is 11.3 Å². The lowest BCUT2D eigenvalue weighted by molar-refractivity contribution is 0.625. The molecule has 0 aliphatic carbocycles. The predicted molar refractivity (Wildman–Crippen MR) is 76.7 cm³/mol. The predicted octanol–water partition coefficient (Wildman–Crippen LogP) is 3.68. The topological polar surface area (TPSA) is 38.9 Å². The molecule has 0 aliphatic heterocycles.